The number of hydrogen-bond donors (Lipinski definition) is 0. The summed E-state index contributed by atoms with van der Waals surface area (Å²) in [6.45, 7) is 1.85. The number of ether oxygens (including phenoxy) is 1. The van der Waals surface area contributed by atoms with Gasteiger partial charge in [-0.15, -0.1) is 0 Å². The van der Waals surface area contributed by atoms with E-state index in [-0.39, 0.29) is 24.4 Å². The Hall–Kier alpha value is -0.900. The topological polar surface area (TPSA) is 46.6 Å². The number of likely N-dealkylation sites (tertiary alicyclic amines) is 1. The number of carbonyl (C=O) groups is 2. The fraction of sp³-hybridized carbons (Fsp3) is 0.778. The van der Waals surface area contributed by atoms with Crippen LogP contribution in [0.3, 0.4) is 0 Å². The van der Waals surface area contributed by atoms with Crippen molar-refractivity contribution < 1.29 is 14.3 Å². The summed E-state index contributed by atoms with van der Waals surface area (Å²) in [6, 6.07) is -0.284. The second-order valence-electron chi connectivity index (χ2n) is 3.61. The van der Waals surface area contributed by atoms with Crippen LogP contribution in [0.5, 0.6) is 0 Å². The van der Waals surface area contributed by atoms with Crippen molar-refractivity contribution in [1.82, 2.24) is 4.90 Å². The van der Waals surface area contributed by atoms with E-state index in [9.17, 15) is 9.59 Å². The number of nitrogens with zero attached hydrogens (tertiary/aromatic N) is 1. The summed E-state index contributed by atoms with van der Waals surface area (Å²) in [5.41, 5.74) is 0. The van der Waals surface area contributed by atoms with Gasteiger partial charge in [-0.1, -0.05) is 6.42 Å². The van der Waals surface area contributed by atoms with E-state index >= 15 is 0 Å². The van der Waals surface area contributed by atoms with Gasteiger partial charge in [-0.2, -0.15) is 0 Å². The summed E-state index contributed by atoms with van der Waals surface area (Å²) in [4.78, 5) is 24.1. The molecule has 13 heavy (non-hydrogen) atoms. The first-order valence-electron chi connectivity index (χ1n) is 4.76. The lowest BCUT2D eigenvalue weighted by Gasteiger charge is -2.29. The van der Waals surface area contributed by atoms with Crippen LogP contribution < -0.4 is 0 Å². The Labute approximate surface area is 76.8 Å². The van der Waals surface area contributed by atoms with Crippen LogP contribution in [0.2, 0.25) is 0 Å². The molecule has 0 aliphatic carbocycles. The maximum absolute atomic E-state index is 11.2. The minimum atomic E-state index is -0.374. The highest BCUT2D eigenvalue weighted by Crippen LogP contribution is 2.19. The molecule has 4 nitrogen and oxygen atoms in total. The van der Waals surface area contributed by atoms with E-state index in [4.69, 9.17) is 0 Å². The summed E-state index contributed by atoms with van der Waals surface area (Å²) in [5, 5.41) is 0. The lowest BCUT2D eigenvalue weighted by molar-refractivity contribution is -0.153. The van der Waals surface area contributed by atoms with E-state index < -0.39 is 0 Å². The number of carbonyl (C=O) groups excluding carboxylic acids is 2. The van der Waals surface area contributed by atoms with Crippen LogP contribution in [-0.4, -0.2) is 36.0 Å². The molecule has 0 spiro atoms. The lowest BCUT2D eigenvalue weighted by Crippen LogP contribution is -2.41. The van der Waals surface area contributed by atoms with Crippen molar-refractivity contribution in [2.24, 2.45) is 0 Å². The van der Waals surface area contributed by atoms with Crippen molar-refractivity contribution in [3.63, 3.8) is 0 Å². The Balaban J connectivity index is 1.99. The molecule has 0 N–H and O–H groups in total. The average Bonchev–Trinajstić information content (AvgIpc) is 2.47. The Morgan fingerprint density at radius 2 is 1.85 bits per heavy atom. The summed E-state index contributed by atoms with van der Waals surface area (Å²) < 4.78 is 4.51. The third-order valence-corrected chi connectivity index (χ3v) is 2.68. The van der Waals surface area contributed by atoms with Crippen LogP contribution in [-0.2, 0) is 14.3 Å². The fourth-order valence-corrected chi connectivity index (χ4v) is 1.97. The average molecular weight is 183 g/mol. The summed E-state index contributed by atoms with van der Waals surface area (Å²) in [6.07, 6.45) is 3.72. The van der Waals surface area contributed by atoms with Crippen LogP contribution in [0.15, 0.2) is 0 Å². The Bertz CT molecular complexity index is 233. The van der Waals surface area contributed by atoms with Gasteiger partial charge in [0.1, 0.15) is 6.04 Å². The number of rotatable bonds is 1. The number of esters is 2. The van der Waals surface area contributed by atoms with Gasteiger partial charge in [0.2, 0.25) is 0 Å². The molecule has 1 atom stereocenters. The molecule has 0 aromatic rings. The van der Waals surface area contributed by atoms with Gasteiger partial charge in [0.15, 0.2) is 0 Å². The third-order valence-electron chi connectivity index (χ3n) is 2.68. The number of cyclic esters (lactones) is 2. The molecule has 2 fully saturated rings. The number of hydrogen-bond acceptors (Lipinski definition) is 4. The minimum Gasteiger partial charge on any atom is -0.392 e. The van der Waals surface area contributed by atoms with E-state index in [0.717, 1.165) is 25.9 Å². The Morgan fingerprint density at radius 1 is 1.15 bits per heavy atom. The van der Waals surface area contributed by atoms with E-state index in [1.165, 1.54) is 6.42 Å². The molecule has 2 heterocycles. The molecule has 2 rings (SSSR count). The van der Waals surface area contributed by atoms with Gasteiger partial charge in [0.25, 0.3) is 0 Å². The molecule has 4 heteroatoms. The smallest absolute Gasteiger partial charge is 0.331 e. The van der Waals surface area contributed by atoms with E-state index in [2.05, 4.69) is 9.64 Å². The highest BCUT2D eigenvalue weighted by molar-refractivity contribution is 5.96. The second-order valence-corrected chi connectivity index (χ2v) is 3.61. The molecule has 2 aliphatic heterocycles. The van der Waals surface area contributed by atoms with Gasteiger partial charge < -0.3 is 4.74 Å². The zero-order valence-corrected chi connectivity index (χ0v) is 7.49. The monoisotopic (exact) mass is 183 g/mol. The van der Waals surface area contributed by atoms with E-state index in [1.54, 1.807) is 0 Å². The van der Waals surface area contributed by atoms with Crippen LogP contribution in [0.1, 0.15) is 25.7 Å². The highest BCUT2D eigenvalue weighted by Gasteiger charge is 2.37. The maximum atomic E-state index is 11.2. The third kappa shape index (κ3) is 1.72. The number of piperidine rings is 1. The molecule has 0 amide bonds. The summed E-state index contributed by atoms with van der Waals surface area (Å²) in [7, 11) is 0. The first-order valence-corrected chi connectivity index (χ1v) is 4.76. The summed E-state index contributed by atoms with van der Waals surface area (Å²) >= 11 is 0. The predicted octanol–water partition coefficient (Wildman–Crippen LogP) is 0.314. The van der Waals surface area contributed by atoms with Crippen molar-refractivity contribution in [3.8, 4) is 0 Å². The second kappa shape index (κ2) is 3.46. The quantitative estimate of drug-likeness (QED) is 0.433. The first kappa shape index (κ1) is 8.69. The summed E-state index contributed by atoms with van der Waals surface area (Å²) in [5.74, 6) is -0.729. The van der Waals surface area contributed by atoms with Crippen molar-refractivity contribution >= 4 is 11.9 Å². The molecule has 0 saturated carbocycles. The van der Waals surface area contributed by atoms with Crippen LogP contribution in [0.4, 0.5) is 0 Å². The van der Waals surface area contributed by atoms with E-state index in [1.807, 2.05) is 0 Å². The normalized spacial score (nSPS) is 30.6. The first-order chi connectivity index (χ1) is 6.27. The standard InChI is InChI=1S/C9H13NO3/c11-8-6-7(9(12)13-8)10-4-2-1-3-5-10/h7H,1-6H2. The zero-order chi connectivity index (χ0) is 9.26. The van der Waals surface area contributed by atoms with Gasteiger partial charge in [-0.05, 0) is 25.9 Å². The van der Waals surface area contributed by atoms with Gasteiger partial charge in [0, 0.05) is 0 Å². The molecular weight excluding hydrogens is 170 g/mol. The molecular formula is C9H13NO3. The van der Waals surface area contributed by atoms with Crippen LogP contribution in [0.25, 0.3) is 0 Å². The van der Waals surface area contributed by atoms with E-state index in [0.29, 0.717) is 0 Å². The lowest BCUT2D eigenvalue weighted by atomic mass is 10.1. The van der Waals surface area contributed by atoms with Crippen molar-refractivity contribution in [2.45, 2.75) is 31.7 Å². The van der Waals surface area contributed by atoms with Gasteiger partial charge in [-0.25, -0.2) is 4.79 Å². The van der Waals surface area contributed by atoms with Crippen molar-refractivity contribution in [3.05, 3.63) is 0 Å². The fourth-order valence-electron chi connectivity index (χ4n) is 1.97. The van der Waals surface area contributed by atoms with Crippen molar-refractivity contribution in [1.29, 1.82) is 0 Å². The van der Waals surface area contributed by atoms with Crippen LogP contribution >= 0.6 is 0 Å². The molecule has 2 saturated heterocycles. The predicted molar refractivity (Wildman–Crippen MR) is 44.9 cm³/mol. The van der Waals surface area contributed by atoms with Crippen molar-refractivity contribution in [2.75, 3.05) is 13.1 Å². The van der Waals surface area contributed by atoms with Gasteiger partial charge in [0.05, 0.1) is 6.42 Å². The zero-order valence-electron chi connectivity index (χ0n) is 7.49. The SMILES string of the molecule is O=C1CC(N2CCCCC2)C(=O)O1. The van der Waals surface area contributed by atoms with Crippen LogP contribution in [0, 0.1) is 0 Å². The molecule has 2 aliphatic rings. The van der Waals surface area contributed by atoms with Gasteiger partial charge in [-0.3, -0.25) is 9.69 Å². The van der Waals surface area contributed by atoms with Gasteiger partial charge >= 0.3 is 11.9 Å². The molecule has 1 unspecified atom stereocenters. The Kier molecular flexibility index (Phi) is 2.31. The molecule has 72 valence electrons. The maximum Gasteiger partial charge on any atom is 0.331 e. The highest BCUT2D eigenvalue weighted by atomic mass is 16.6. The molecule has 0 aromatic carbocycles. The molecule has 0 bridgehead atoms. The molecule has 0 radical (unpaired) electrons. The Morgan fingerprint density at radius 3 is 2.38 bits per heavy atom. The largest absolute Gasteiger partial charge is 0.392 e. The minimum absolute atomic E-state index is 0.249. The molecule has 0 aromatic heterocycles.